The van der Waals surface area contributed by atoms with E-state index in [-0.39, 0.29) is 24.1 Å². The molecule has 10 rings (SSSR count). The Balaban J connectivity index is 0.753. The van der Waals surface area contributed by atoms with Gasteiger partial charge >= 0.3 is 0 Å². The molecule has 59 heavy (non-hydrogen) atoms. The SMILES string of the molecule is O=C1CCC(N2Cc3cc(N4CCN(CC5CCN(c6ccc(C7=C(c8ccc(OC9CC9)cc8)CCCc8cc(O)ccc87)cc6)CC5)CC4)ccc3C2=O)C(=O)N1. The van der Waals surface area contributed by atoms with Crippen molar-refractivity contribution in [2.24, 2.45) is 5.92 Å². The number of aromatic hydroxyl groups is 1. The van der Waals surface area contributed by atoms with Gasteiger partial charge in [0.05, 0.1) is 6.10 Å². The molecule has 10 heteroatoms. The first kappa shape index (κ1) is 37.6. The minimum atomic E-state index is -0.590. The van der Waals surface area contributed by atoms with E-state index in [2.05, 4.69) is 80.7 Å². The number of benzene rings is 4. The molecule has 4 aromatic carbocycles. The van der Waals surface area contributed by atoms with Gasteiger partial charge in [-0.15, -0.1) is 0 Å². The predicted molar refractivity (Wildman–Crippen MR) is 230 cm³/mol. The van der Waals surface area contributed by atoms with Crippen molar-refractivity contribution in [3.05, 3.63) is 118 Å². The largest absolute Gasteiger partial charge is 0.508 e. The number of hydrogen-bond donors (Lipinski definition) is 2. The zero-order chi connectivity index (χ0) is 40.0. The van der Waals surface area contributed by atoms with Gasteiger partial charge in [0.25, 0.3) is 5.91 Å². The average molecular weight is 792 g/mol. The van der Waals surface area contributed by atoms with E-state index in [1.165, 1.54) is 51.9 Å². The maximum atomic E-state index is 13.2. The van der Waals surface area contributed by atoms with Gasteiger partial charge in [-0.05, 0) is 151 Å². The van der Waals surface area contributed by atoms with Crippen LogP contribution in [0.1, 0.15) is 89.5 Å². The Morgan fingerprint density at radius 2 is 1.37 bits per heavy atom. The van der Waals surface area contributed by atoms with Crippen molar-refractivity contribution < 1.29 is 24.2 Å². The van der Waals surface area contributed by atoms with E-state index in [1.807, 2.05) is 24.3 Å². The molecule has 1 atom stereocenters. The number of nitrogens with zero attached hydrogens (tertiary/aromatic N) is 4. The van der Waals surface area contributed by atoms with E-state index in [4.69, 9.17) is 4.74 Å². The third-order valence-corrected chi connectivity index (χ3v) is 13.5. The van der Waals surface area contributed by atoms with Gasteiger partial charge in [0.1, 0.15) is 17.5 Å². The standard InChI is InChI=1S/C49H53N5O5/c55-39-11-17-43-35(29-39)2-1-3-42(33-6-12-40(13-7-33)59-41-14-15-41)47(43)34-4-8-37(9-5-34)52-22-20-32(21-23-52)30-51-24-26-53(27-25-51)38-10-16-44-36(28-38)31-54(49(44)58)45-18-19-46(56)50-48(45)57/h4-13,16-17,28-29,32,41,45,55H,1-3,14-15,18-27,30-31H2,(H,50,56,57). The van der Waals surface area contributed by atoms with Crippen LogP contribution in [0.3, 0.4) is 0 Å². The fourth-order valence-corrected chi connectivity index (χ4v) is 10.0. The van der Waals surface area contributed by atoms with Gasteiger partial charge in [0, 0.05) is 75.7 Å². The summed E-state index contributed by atoms with van der Waals surface area (Å²) < 4.78 is 6.07. The molecule has 0 spiro atoms. The Labute approximate surface area is 346 Å². The van der Waals surface area contributed by atoms with Gasteiger partial charge in [0.15, 0.2) is 0 Å². The summed E-state index contributed by atoms with van der Waals surface area (Å²) >= 11 is 0. The summed E-state index contributed by atoms with van der Waals surface area (Å²) in [5.74, 6) is 1.18. The number of hydrogen-bond acceptors (Lipinski definition) is 8. The monoisotopic (exact) mass is 791 g/mol. The zero-order valence-electron chi connectivity index (χ0n) is 33.7. The molecular formula is C49H53N5O5. The van der Waals surface area contributed by atoms with Crippen molar-refractivity contribution in [2.75, 3.05) is 55.6 Å². The summed E-state index contributed by atoms with van der Waals surface area (Å²) in [5.41, 5.74) is 11.5. The number of phenols is 1. The maximum Gasteiger partial charge on any atom is 0.255 e. The molecular weight excluding hydrogens is 739 g/mol. The van der Waals surface area contributed by atoms with E-state index >= 15 is 0 Å². The number of anilines is 2. The normalized spacial score (nSPS) is 21.7. The second kappa shape index (κ2) is 15.9. The highest BCUT2D eigenvalue weighted by Crippen LogP contribution is 2.42. The Hall–Kier alpha value is -5.61. The summed E-state index contributed by atoms with van der Waals surface area (Å²) in [6, 6.07) is 29.3. The molecule has 4 fully saturated rings. The molecule has 10 nitrogen and oxygen atoms in total. The number of ether oxygens (including phenoxy) is 1. The number of aryl methyl sites for hydroxylation is 1. The fourth-order valence-electron chi connectivity index (χ4n) is 10.0. The number of fused-ring (bicyclic) bond motifs is 2. The third kappa shape index (κ3) is 7.82. The summed E-state index contributed by atoms with van der Waals surface area (Å²) in [6.07, 6.45) is 8.61. The molecule has 6 aliphatic rings. The molecule has 3 amide bonds. The molecule has 0 aromatic heterocycles. The van der Waals surface area contributed by atoms with Crippen LogP contribution < -0.4 is 19.9 Å². The van der Waals surface area contributed by atoms with E-state index in [0.717, 1.165) is 94.9 Å². The number of phenolic OH excluding ortho intramolecular Hbond substituents is 1. The second-order valence-corrected chi connectivity index (χ2v) is 17.4. The van der Waals surface area contributed by atoms with E-state index in [0.29, 0.717) is 36.3 Å². The number of rotatable bonds is 9. The van der Waals surface area contributed by atoms with Gasteiger partial charge in [-0.25, -0.2) is 0 Å². The number of nitrogens with one attached hydrogen (secondary N) is 1. The molecule has 3 saturated heterocycles. The molecule has 304 valence electrons. The number of allylic oxidation sites excluding steroid dienone is 1. The van der Waals surface area contributed by atoms with Gasteiger partial charge in [-0.2, -0.15) is 0 Å². The first-order valence-corrected chi connectivity index (χ1v) is 21.8. The molecule has 0 radical (unpaired) electrons. The number of amides is 3. The minimum absolute atomic E-state index is 0.124. The summed E-state index contributed by atoms with van der Waals surface area (Å²) in [6.45, 7) is 7.55. The molecule has 2 N–H and O–H groups in total. The minimum Gasteiger partial charge on any atom is -0.508 e. The predicted octanol–water partition coefficient (Wildman–Crippen LogP) is 7.03. The molecule has 4 heterocycles. The van der Waals surface area contributed by atoms with E-state index < -0.39 is 6.04 Å². The molecule has 0 bridgehead atoms. The number of piperidine rings is 2. The van der Waals surface area contributed by atoms with Gasteiger partial charge in [-0.1, -0.05) is 30.3 Å². The lowest BCUT2D eigenvalue weighted by molar-refractivity contribution is -0.136. The first-order chi connectivity index (χ1) is 28.8. The third-order valence-electron chi connectivity index (χ3n) is 13.5. The second-order valence-electron chi connectivity index (χ2n) is 17.4. The van der Waals surface area contributed by atoms with Crippen LogP contribution in [-0.4, -0.2) is 90.6 Å². The van der Waals surface area contributed by atoms with Gasteiger partial charge in [0.2, 0.25) is 11.8 Å². The lowest BCUT2D eigenvalue weighted by atomic mass is 9.87. The van der Waals surface area contributed by atoms with Crippen LogP contribution in [0.15, 0.2) is 84.9 Å². The highest BCUT2D eigenvalue weighted by Gasteiger charge is 2.39. The Morgan fingerprint density at radius 3 is 2.12 bits per heavy atom. The Kier molecular flexibility index (Phi) is 10.1. The zero-order valence-corrected chi connectivity index (χ0v) is 33.7. The van der Waals surface area contributed by atoms with Crippen molar-refractivity contribution in [1.29, 1.82) is 0 Å². The van der Waals surface area contributed by atoms with Crippen molar-refractivity contribution >= 4 is 40.2 Å². The molecule has 1 unspecified atom stereocenters. The van der Waals surface area contributed by atoms with Crippen LogP contribution in [0, 0.1) is 5.92 Å². The lowest BCUT2D eigenvalue weighted by Crippen LogP contribution is -2.52. The number of imide groups is 1. The van der Waals surface area contributed by atoms with Crippen molar-refractivity contribution in [3.63, 3.8) is 0 Å². The molecule has 4 aliphatic heterocycles. The van der Waals surface area contributed by atoms with Crippen LogP contribution in [0.5, 0.6) is 11.5 Å². The highest BCUT2D eigenvalue weighted by atomic mass is 16.5. The molecule has 1 saturated carbocycles. The van der Waals surface area contributed by atoms with E-state index in [1.54, 1.807) is 4.90 Å². The number of carbonyl (C=O) groups excluding carboxylic acids is 3. The number of carbonyl (C=O) groups is 3. The molecule has 4 aromatic rings. The number of piperazine rings is 1. The quantitative estimate of drug-likeness (QED) is 0.174. The summed E-state index contributed by atoms with van der Waals surface area (Å²) in [4.78, 5) is 46.5. The highest BCUT2D eigenvalue weighted by molar-refractivity contribution is 6.05. The fraction of sp³-hybridized carbons (Fsp3) is 0.408. The summed E-state index contributed by atoms with van der Waals surface area (Å²) in [7, 11) is 0. The van der Waals surface area contributed by atoms with Crippen molar-refractivity contribution in [2.45, 2.75) is 76.5 Å². The molecule has 2 aliphatic carbocycles. The van der Waals surface area contributed by atoms with Gasteiger partial charge in [-0.3, -0.25) is 24.6 Å². The van der Waals surface area contributed by atoms with Crippen LogP contribution in [0.4, 0.5) is 11.4 Å². The lowest BCUT2D eigenvalue weighted by Gasteiger charge is -2.40. The topological polar surface area (TPSA) is 106 Å². The Morgan fingerprint density at radius 1 is 0.661 bits per heavy atom. The van der Waals surface area contributed by atoms with Crippen molar-refractivity contribution in [1.82, 2.24) is 15.1 Å². The first-order valence-electron chi connectivity index (χ1n) is 21.8. The maximum absolute atomic E-state index is 13.2. The van der Waals surface area contributed by atoms with Crippen LogP contribution in [0.2, 0.25) is 0 Å². The van der Waals surface area contributed by atoms with Crippen LogP contribution in [0.25, 0.3) is 11.1 Å². The van der Waals surface area contributed by atoms with E-state index in [9.17, 15) is 19.5 Å². The average Bonchev–Trinajstić information content (AvgIpc) is 4.05. The van der Waals surface area contributed by atoms with Crippen molar-refractivity contribution in [3.8, 4) is 11.5 Å². The Bertz CT molecular complexity index is 2280. The van der Waals surface area contributed by atoms with Crippen LogP contribution in [-0.2, 0) is 22.6 Å². The smallest absolute Gasteiger partial charge is 0.255 e. The summed E-state index contributed by atoms with van der Waals surface area (Å²) in [5, 5.41) is 12.8. The van der Waals surface area contributed by atoms with Crippen LogP contribution >= 0.6 is 0 Å². The van der Waals surface area contributed by atoms with Gasteiger partial charge < -0.3 is 24.5 Å².